The smallest absolute Gasteiger partial charge is 0.00671 e. The highest BCUT2D eigenvalue weighted by Crippen LogP contribution is 2.31. The van der Waals surface area contributed by atoms with Gasteiger partial charge in [0.15, 0.2) is 0 Å². The zero-order valence-electron chi connectivity index (χ0n) is 10.8. The molecule has 0 saturated heterocycles. The molecule has 1 fully saturated rings. The molecule has 1 aliphatic carbocycles. The summed E-state index contributed by atoms with van der Waals surface area (Å²) in [6.45, 7) is 6.97. The molecule has 1 saturated carbocycles. The van der Waals surface area contributed by atoms with Crippen molar-refractivity contribution >= 4 is 0 Å². The second-order valence-corrected chi connectivity index (χ2v) is 6.01. The first-order chi connectivity index (χ1) is 7.09. The van der Waals surface area contributed by atoms with Crippen molar-refractivity contribution in [2.75, 3.05) is 0 Å². The lowest BCUT2D eigenvalue weighted by atomic mass is 9.78. The van der Waals surface area contributed by atoms with E-state index in [0.29, 0.717) is 6.04 Å². The molecule has 2 N–H and O–H groups in total. The van der Waals surface area contributed by atoms with Crippen LogP contribution in [-0.4, -0.2) is 6.04 Å². The number of nitrogens with two attached hydrogens (primary N) is 1. The second-order valence-electron chi connectivity index (χ2n) is 6.01. The standard InChI is InChI=1S/C14H29N/c1-11(2)5-4-6-14(15)13-9-7-12(3)8-10-13/h11-14H,4-10,15H2,1-3H3. The quantitative estimate of drug-likeness (QED) is 0.731. The van der Waals surface area contributed by atoms with Gasteiger partial charge in [-0.05, 0) is 37.0 Å². The van der Waals surface area contributed by atoms with Gasteiger partial charge < -0.3 is 5.73 Å². The third-order valence-corrected chi connectivity index (χ3v) is 3.98. The number of rotatable bonds is 5. The highest BCUT2D eigenvalue weighted by atomic mass is 14.6. The minimum Gasteiger partial charge on any atom is -0.327 e. The molecule has 0 radical (unpaired) electrons. The summed E-state index contributed by atoms with van der Waals surface area (Å²) in [5.41, 5.74) is 6.28. The molecule has 15 heavy (non-hydrogen) atoms. The fourth-order valence-corrected chi connectivity index (χ4v) is 2.71. The maximum atomic E-state index is 6.28. The Balaban J connectivity index is 2.13. The van der Waals surface area contributed by atoms with Crippen LogP contribution in [0.2, 0.25) is 0 Å². The molecule has 0 aromatic heterocycles. The van der Waals surface area contributed by atoms with Crippen molar-refractivity contribution in [2.45, 2.75) is 71.8 Å². The van der Waals surface area contributed by atoms with Crippen LogP contribution in [0.25, 0.3) is 0 Å². The molecular weight excluding hydrogens is 182 g/mol. The van der Waals surface area contributed by atoms with Gasteiger partial charge in [0, 0.05) is 6.04 Å². The van der Waals surface area contributed by atoms with Crippen molar-refractivity contribution in [3.05, 3.63) is 0 Å². The van der Waals surface area contributed by atoms with Gasteiger partial charge in [0.05, 0.1) is 0 Å². The molecule has 1 atom stereocenters. The van der Waals surface area contributed by atoms with Gasteiger partial charge in [0.25, 0.3) is 0 Å². The van der Waals surface area contributed by atoms with Crippen LogP contribution in [0.4, 0.5) is 0 Å². The van der Waals surface area contributed by atoms with Gasteiger partial charge in [-0.15, -0.1) is 0 Å². The Morgan fingerprint density at radius 1 is 1.07 bits per heavy atom. The van der Waals surface area contributed by atoms with E-state index in [1.807, 2.05) is 0 Å². The average Bonchev–Trinajstić information content (AvgIpc) is 2.18. The van der Waals surface area contributed by atoms with Crippen molar-refractivity contribution in [3.63, 3.8) is 0 Å². The van der Waals surface area contributed by atoms with Crippen LogP contribution in [0.15, 0.2) is 0 Å². The summed E-state index contributed by atoms with van der Waals surface area (Å²) in [5.74, 6) is 2.61. The predicted octanol–water partition coefficient (Wildman–Crippen LogP) is 3.97. The van der Waals surface area contributed by atoms with E-state index in [1.54, 1.807) is 0 Å². The first-order valence-corrected chi connectivity index (χ1v) is 6.85. The topological polar surface area (TPSA) is 26.0 Å². The van der Waals surface area contributed by atoms with E-state index in [9.17, 15) is 0 Å². The minimum absolute atomic E-state index is 0.483. The van der Waals surface area contributed by atoms with E-state index in [-0.39, 0.29) is 0 Å². The number of hydrogen-bond acceptors (Lipinski definition) is 1. The van der Waals surface area contributed by atoms with E-state index in [0.717, 1.165) is 17.8 Å². The third-order valence-electron chi connectivity index (χ3n) is 3.98. The molecule has 1 aliphatic rings. The Bertz CT molecular complexity index is 157. The van der Waals surface area contributed by atoms with E-state index in [2.05, 4.69) is 20.8 Å². The lowest BCUT2D eigenvalue weighted by Gasteiger charge is -2.30. The molecule has 90 valence electrons. The Labute approximate surface area is 95.8 Å². The molecule has 0 aliphatic heterocycles. The van der Waals surface area contributed by atoms with Crippen LogP contribution in [-0.2, 0) is 0 Å². The van der Waals surface area contributed by atoms with Crippen molar-refractivity contribution in [2.24, 2.45) is 23.5 Å². The third kappa shape index (κ3) is 5.01. The first-order valence-electron chi connectivity index (χ1n) is 6.85. The Hall–Kier alpha value is -0.0400. The van der Waals surface area contributed by atoms with Crippen LogP contribution in [0, 0.1) is 17.8 Å². The SMILES string of the molecule is CC(C)CCCC(N)C1CCC(C)CC1. The maximum Gasteiger partial charge on any atom is 0.00671 e. The summed E-state index contributed by atoms with van der Waals surface area (Å²) in [4.78, 5) is 0. The molecule has 0 amide bonds. The van der Waals surface area contributed by atoms with Crippen molar-refractivity contribution < 1.29 is 0 Å². The molecule has 1 unspecified atom stereocenters. The van der Waals surface area contributed by atoms with E-state index < -0.39 is 0 Å². The first kappa shape index (κ1) is 13.0. The van der Waals surface area contributed by atoms with Crippen LogP contribution >= 0.6 is 0 Å². The molecule has 0 aromatic carbocycles. The molecule has 0 aromatic rings. The van der Waals surface area contributed by atoms with E-state index in [4.69, 9.17) is 5.73 Å². The van der Waals surface area contributed by atoms with Gasteiger partial charge in [-0.1, -0.05) is 46.5 Å². The van der Waals surface area contributed by atoms with Gasteiger partial charge in [-0.3, -0.25) is 0 Å². The summed E-state index contributed by atoms with van der Waals surface area (Å²) in [6.07, 6.45) is 9.48. The summed E-state index contributed by atoms with van der Waals surface area (Å²) in [5, 5.41) is 0. The van der Waals surface area contributed by atoms with Gasteiger partial charge in [-0.25, -0.2) is 0 Å². The van der Waals surface area contributed by atoms with E-state index >= 15 is 0 Å². The number of hydrogen-bond donors (Lipinski definition) is 1. The average molecular weight is 211 g/mol. The zero-order chi connectivity index (χ0) is 11.3. The lowest BCUT2D eigenvalue weighted by molar-refractivity contribution is 0.244. The fourth-order valence-electron chi connectivity index (χ4n) is 2.71. The largest absolute Gasteiger partial charge is 0.327 e. The molecular formula is C14H29N. The molecule has 1 heteroatoms. The van der Waals surface area contributed by atoms with Gasteiger partial charge >= 0.3 is 0 Å². The molecule has 0 bridgehead atoms. The molecule has 1 nitrogen and oxygen atoms in total. The van der Waals surface area contributed by atoms with Gasteiger partial charge in [0.1, 0.15) is 0 Å². The molecule has 1 rings (SSSR count). The lowest BCUT2D eigenvalue weighted by Crippen LogP contribution is -2.32. The van der Waals surface area contributed by atoms with Crippen LogP contribution < -0.4 is 5.73 Å². The highest BCUT2D eigenvalue weighted by Gasteiger charge is 2.23. The Kier molecular flexibility index (Phi) is 5.66. The predicted molar refractivity (Wildman–Crippen MR) is 67.8 cm³/mol. The summed E-state index contributed by atoms with van der Waals surface area (Å²) in [7, 11) is 0. The van der Waals surface area contributed by atoms with Crippen LogP contribution in [0.1, 0.15) is 65.7 Å². The normalized spacial score (nSPS) is 29.4. The summed E-state index contributed by atoms with van der Waals surface area (Å²) in [6, 6.07) is 0.483. The fraction of sp³-hybridized carbons (Fsp3) is 1.00. The molecule has 0 heterocycles. The van der Waals surface area contributed by atoms with Crippen LogP contribution in [0.5, 0.6) is 0 Å². The van der Waals surface area contributed by atoms with Crippen LogP contribution in [0.3, 0.4) is 0 Å². The monoisotopic (exact) mass is 211 g/mol. The highest BCUT2D eigenvalue weighted by molar-refractivity contribution is 4.78. The summed E-state index contributed by atoms with van der Waals surface area (Å²) < 4.78 is 0. The van der Waals surface area contributed by atoms with Crippen molar-refractivity contribution in [1.82, 2.24) is 0 Å². The van der Waals surface area contributed by atoms with Crippen molar-refractivity contribution in [3.8, 4) is 0 Å². The summed E-state index contributed by atoms with van der Waals surface area (Å²) >= 11 is 0. The zero-order valence-corrected chi connectivity index (χ0v) is 10.8. The van der Waals surface area contributed by atoms with Gasteiger partial charge in [-0.2, -0.15) is 0 Å². The van der Waals surface area contributed by atoms with Gasteiger partial charge in [0.2, 0.25) is 0 Å². The van der Waals surface area contributed by atoms with E-state index in [1.165, 1.54) is 44.9 Å². The second kappa shape index (κ2) is 6.52. The minimum atomic E-state index is 0.483. The van der Waals surface area contributed by atoms with Crippen molar-refractivity contribution in [1.29, 1.82) is 0 Å². The Morgan fingerprint density at radius 2 is 1.67 bits per heavy atom. The Morgan fingerprint density at radius 3 is 2.20 bits per heavy atom. The molecule has 0 spiro atoms. The maximum absolute atomic E-state index is 6.28.